The van der Waals surface area contributed by atoms with Gasteiger partial charge in [-0.2, -0.15) is 0 Å². The van der Waals surface area contributed by atoms with Gasteiger partial charge in [-0.25, -0.2) is 4.68 Å². The molecule has 0 unspecified atom stereocenters. The molecular formula is C24H22N4O4. The number of nitrogens with zero attached hydrogens (tertiary/aromatic N) is 4. The predicted molar refractivity (Wildman–Crippen MR) is 115 cm³/mol. The maximum Gasteiger partial charge on any atom is 0.216 e. The van der Waals surface area contributed by atoms with E-state index in [1.54, 1.807) is 24.3 Å². The van der Waals surface area contributed by atoms with Gasteiger partial charge in [-0.3, -0.25) is 9.59 Å². The first kappa shape index (κ1) is 19.3. The van der Waals surface area contributed by atoms with E-state index in [1.807, 2.05) is 12.1 Å². The first-order chi connectivity index (χ1) is 15.6. The van der Waals surface area contributed by atoms with Crippen LogP contribution < -0.4 is 4.90 Å². The number of ketones is 2. The van der Waals surface area contributed by atoms with Gasteiger partial charge < -0.3 is 14.4 Å². The molecule has 2 fully saturated rings. The maximum atomic E-state index is 13.0. The lowest BCUT2D eigenvalue weighted by Crippen LogP contribution is -2.45. The van der Waals surface area contributed by atoms with E-state index in [9.17, 15) is 9.59 Å². The van der Waals surface area contributed by atoms with E-state index in [0.717, 1.165) is 37.2 Å². The minimum absolute atomic E-state index is 0.129. The molecule has 2 aromatic carbocycles. The molecule has 1 aliphatic carbocycles. The fourth-order valence-electron chi connectivity index (χ4n) is 4.81. The van der Waals surface area contributed by atoms with Crippen LogP contribution in [0.15, 0.2) is 48.5 Å². The van der Waals surface area contributed by atoms with Gasteiger partial charge in [0.2, 0.25) is 11.6 Å². The van der Waals surface area contributed by atoms with E-state index in [0.29, 0.717) is 30.9 Å². The average Bonchev–Trinajstić information content (AvgIpc) is 3.46. The van der Waals surface area contributed by atoms with Gasteiger partial charge in [0.05, 0.1) is 19.8 Å². The second-order valence-corrected chi connectivity index (χ2v) is 8.41. The van der Waals surface area contributed by atoms with Gasteiger partial charge in [-0.1, -0.05) is 41.6 Å². The van der Waals surface area contributed by atoms with Crippen molar-refractivity contribution in [2.75, 3.05) is 31.2 Å². The van der Waals surface area contributed by atoms with Crippen LogP contribution in [0.5, 0.6) is 0 Å². The molecule has 0 amide bonds. The molecule has 8 heteroatoms. The maximum absolute atomic E-state index is 13.0. The molecule has 3 heterocycles. The molecule has 0 N–H and O–H groups in total. The van der Waals surface area contributed by atoms with Crippen molar-refractivity contribution in [1.29, 1.82) is 0 Å². The molecule has 1 aromatic heterocycles. The minimum Gasteiger partial charge on any atom is -0.371 e. The second-order valence-electron chi connectivity index (χ2n) is 8.41. The number of aromatic nitrogens is 3. The van der Waals surface area contributed by atoms with E-state index < -0.39 is 0 Å². The summed E-state index contributed by atoms with van der Waals surface area (Å²) in [6, 6.07) is 15.1. The molecule has 32 heavy (non-hydrogen) atoms. The largest absolute Gasteiger partial charge is 0.371 e. The fourth-order valence-corrected chi connectivity index (χ4v) is 4.81. The molecule has 0 bridgehead atoms. The van der Waals surface area contributed by atoms with Crippen LogP contribution in [-0.4, -0.2) is 58.7 Å². The molecule has 1 spiro atoms. The van der Waals surface area contributed by atoms with Crippen LogP contribution in [-0.2, 0) is 16.0 Å². The third kappa shape index (κ3) is 3.06. The zero-order valence-electron chi connectivity index (χ0n) is 17.5. The summed E-state index contributed by atoms with van der Waals surface area (Å²) in [5, 5.41) is 8.14. The van der Waals surface area contributed by atoms with Crippen molar-refractivity contribution in [1.82, 2.24) is 15.0 Å². The fraction of sp³-hybridized carbons (Fsp3) is 0.333. The van der Waals surface area contributed by atoms with Crippen molar-refractivity contribution < 1.29 is 19.1 Å². The predicted octanol–water partition coefficient (Wildman–Crippen LogP) is 2.45. The van der Waals surface area contributed by atoms with Crippen molar-refractivity contribution in [3.63, 3.8) is 0 Å². The number of piperidine rings is 1. The quantitative estimate of drug-likeness (QED) is 0.493. The number of hydrogen-bond donors (Lipinski definition) is 0. The molecule has 2 saturated heterocycles. The Hall–Kier alpha value is -3.36. The zero-order valence-corrected chi connectivity index (χ0v) is 17.5. The molecule has 0 saturated carbocycles. The number of fused-ring (bicyclic) bond motifs is 2. The van der Waals surface area contributed by atoms with Crippen LogP contribution in [0.1, 0.15) is 50.5 Å². The van der Waals surface area contributed by atoms with Crippen molar-refractivity contribution in [2.24, 2.45) is 0 Å². The Morgan fingerprint density at radius 1 is 0.875 bits per heavy atom. The highest BCUT2D eigenvalue weighted by Crippen LogP contribution is 2.33. The van der Waals surface area contributed by atoms with Crippen molar-refractivity contribution in [3.8, 4) is 0 Å². The molecule has 3 aromatic rings. The van der Waals surface area contributed by atoms with Gasteiger partial charge in [-0.05, 0) is 17.7 Å². The number of anilines is 1. The number of rotatable bonds is 3. The molecule has 0 atom stereocenters. The summed E-state index contributed by atoms with van der Waals surface area (Å²) >= 11 is 0. The number of benzene rings is 2. The van der Waals surface area contributed by atoms with E-state index in [4.69, 9.17) is 9.47 Å². The number of carbonyl (C=O) groups is 2. The van der Waals surface area contributed by atoms with E-state index in [1.165, 1.54) is 4.68 Å². The van der Waals surface area contributed by atoms with Crippen LogP contribution in [0.4, 0.5) is 5.69 Å². The van der Waals surface area contributed by atoms with Crippen molar-refractivity contribution >= 4 is 17.3 Å². The minimum atomic E-state index is -0.384. The number of ether oxygens (including phenoxy) is 2. The second kappa shape index (κ2) is 7.36. The monoisotopic (exact) mass is 430 g/mol. The highest BCUT2D eigenvalue weighted by molar-refractivity contribution is 6.26. The molecule has 3 aliphatic rings. The van der Waals surface area contributed by atoms with Gasteiger partial charge in [-0.15, -0.1) is 5.10 Å². The van der Waals surface area contributed by atoms with Crippen LogP contribution in [0.2, 0.25) is 0 Å². The summed E-state index contributed by atoms with van der Waals surface area (Å²) in [7, 11) is 0. The molecule has 0 radical (unpaired) electrons. The summed E-state index contributed by atoms with van der Waals surface area (Å²) in [6.07, 6.45) is 1.72. The summed E-state index contributed by atoms with van der Waals surface area (Å²) < 4.78 is 13.1. The third-order valence-electron chi connectivity index (χ3n) is 6.55. The van der Waals surface area contributed by atoms with E-state index >= 15 is 0 Å². The smallest absolute Gasteiger partial charge is 0.216 e. The Bertz CT molecular complexity index is 1200. The molecule has 8 nitrogen and oxygen atoms in total. The Morgan fingerprint density at radius 2 is 1.53 bits per heavy atom. The Kier molecular flexibility index (Phi) is 4.44. The van der Waals surface area contributed by atoms with Gasteiger partial charge in [0, 0.05) is 42.7 Å². The lowest BCUT2D eigenvalue weighted by molar-refractivity contribution is -0.169. The summed E-state index contributed by atoms with van der Waals surface area (Å²) in [5.41, 5.74) is 3.30. The highest BCUT2D eigenvalue weighted by atomic mass is 16.7. The standard InChI is InChI=1S/C24H22N4O4/c29-22-18-3-1-2-4-19(18)23(30)21-20(22)25-26-28(21)15-16-5-7-17(8-6-16)27-11-9-24(10-12-27)31-13-14-32-24/h1-8H,9-15H2. The SMILES string of the molecule is O=C1c2ccccc2C(=O)c2c1nnn2Cc1ccc(N2CCC3(CC2)OCCO3)cc1. The topological polar surface area (TPSA) is 86.5 Å². The van der Waals surface area contributed by atoms with Crippen LogP contribution in [0.25, 0.3) is 0 Å². The van der Waals surface area contributed by atoms with Crippen LogP contribution in [0.3, 0.4) is 0 Å². The van der Waals surface area contributed by atoms with Gasteiger partial charge in [0.1, 0.15) is 5.69 Å². The van der Waals surface area contributed by atoms with Crippen LogP contribution in [0, 0.1) is 0 Å². The van der Waals surface area contributed by atoms with Crippen molar-refractivity contribution in [2.45, 2.75) is 25.2 Å². The van der Waals surface area contributed by atoms with E-state index in [-0.39, 0.29) is 28.7 Å². The Balaban J connectivity index is 1.19. The molecule has 6 rings (SSSR count). The van der Waals surface area contributed by atoms with Gasteiger partial charge >= 0.3 is 0 Å². The third-order valence-corrected chi connectivity index (χ3v) is 6.55. The normalized spacial score (nSPS) is 19.3. The van der Waals surface area contributed by atoms with Gasteiger partial charge in [0.25, 0.3) is 0 Å². The molecule has 162 valence electrons. The lowest BCUT2D eigenvalue weighted by Gasteiger charge is -2.38. The van der Waals surface area contributed by atoms with Gasteiger partial charge in [0.15, 0.2) is 11.5 Å². The molecular weight excluding hydrogens is 408 g/mol. The van der Waals surface area contributed by atoms with Crippen molar-refractivity contribution in [3.05, 3.63) is 76.6 Å². The summed E-state index contributed by atoms with van der Waals surface area (Å²) in [6.45, 7) is 3.49. The number of carbonyl (C=O) groups excluding carboxylic acids is 2. The van der Waals surface area contributed by atoms with Crippen LogP contribution >= 0.6 is 0 Å². The summed E-state index contributed by atoms with van der Waals surface area (Å²) in [4.78, 5) is 28.1. The Morgan fingerprint density at radius 3 is 2.22 bits per heavy atom. The van der Waals surface area contributed by atoms with E-state index in [2.05, 4.69) is 27.3 Å². The first-order valence-corrected chi connectivity index (χ1v) is 10.9. The summed E-state index contributed by atoms with van der Waals surface area (Å²) in [5.74, 6) is -0.851. The lowest BCUT2D eigenvalue weighted by atomic mass is 9.90. The average molecular weight is 430 g/mol. The highest BCUT2D eigenvalue weighted by Gasteiger charge is 2.40. The Labute approximate surface area is 184 Å². The molecule has 2 aliphatic heterocycles. The number of hydrogen-bond acceptors (Lipinski definition) is 7. The first-order valence-electron chi connectivity index (χ1n) is 10.9. The zero-order chi connectivity index (χ0) is 21.7.